The molecule has 0 amide bonds. The Kier molecular flexibility index (Phi) is 3.22. The van der Waals surface area contributed by atoms with E-state index >= 15 is 0 Å². The van der Waals surface area contributed by atoms with E-state index in [0.717, 1.165) is 22.5 Å². The average molecular weight is 248 g/mol. The Balaban J connectivity index is 2.50. The first-order valence-corrected chi connectivity index (χ1v) is 5.85. The van der Waals surface area contributed by atoms with Crippen molar-refractivity contribution < 1.29 is 9.50 Å². The number of aryl methyl sites for hydroxylation is 3. The largest absolute Gasteiger partial charge is 0.384 e. The van der Waals surface area contributed by atoms with Crippen LogP contribution in [0.1, 0.15) is 34.2 Å². The lowest BCUT2D eigenvalue weighted by molar-refractivity contribution is 0.218. The minimum absolute atomic E-state index is 0.330. The summed E-state index contributed by atoms with van der Waals surface area (Å²) in [4.78, 5) is 0. The molecular weight excluding hydrogens is 231 g/mol. The van der Waals surface area contributed by atoms with Crippen LogP contribution in [0.4, 0.5) is 4.39 Å². The molecule has 1 unspecified atom stereocenters. The third kappa shape index (κ3) is 2.16. The molecule has 4 heteroatoms. The highest BCUT2D eigenvalue weighted by Crippen LogP contribution is 2.28. The fourth-order valence-corrected chi connectivity index (χ4v) is 2.27. The summed E-state index contributed by atoms with van der Waals surface area (Å²) in [7, 11) is 1.83. The lowest BCUT2D eigenvalue weighted by Gasteiger charge is -2.13. The van der Waals surface area contributed by atoms with Crippen LogP contribution in [0, 0.1) is 26.6 Å². The van der Waals surface area contributed by atoms with Crippen LogP contribution in [0.25, 0.3) is 0 Å². The predicted molar refractivity (Wildman–Crippen MR) is 67.9 cm³/mol. The van der Waals surface area contributed by atoms with Gasteiger partial charge in [0.1, 0.15) is 11.9 Å². The van der Waals surface area contributed by atoms with Crippen LogP contribution in [0.3, 0.4) is 0 Å². The van der Waals surface area contributed by atoms with E-state index < -0.39 is 6.10 Å². The van der Waals surface area contributed by atoms with Gasteiger partial charge < -0.3 is 5.11 Å². The number of halogens is 1. The molecule has 1 aromatic carbocycles. The van der Waals surface area contributed by atoms with E-state index in [1.807, 2.05) is 27.8 Å². The lowest BCUT2D eigenvalue weighted by atomic mass is 9.98. The third-order valence-electron chi connectivity index (χ3n) is 3.22. The Labute approximate surface area is 106 Å². The molecule has 1 atom stereocenters. The molecule has 0 saturated carbocycles. The minimum atomic E-state index is -0.840. The van der Waals surface area contributed by atoms with Crippen LogP contribution in [0.5, 0.6) is 0 Å². The first-order chi connectivity index (χ1) is 8.40. The van der Waals surface area contributed by atoms with Gasteiger partial charge in [0.05, 0.1) is 5.69 Å². The predicted octanol–water partition coefficient (Wildman–Crippen LogP) is 2.57. The van der Waals surface area contributed by atoms with Gasteiger partial charge >= 0.3 is 0 Å². The molecule has 18 heavy (non-hydrogen) atoms. The zero-order chi connectivity index (χ0) is 13.4. The highest BCUT2D eigenvalue weighted by Gasteiger charge is 2.20. The smallest absolute Gasteiger partial charge is 0.123 e. The van der Waals surface area contributed by atoms with Gasteiger partial charge in [0.25, 0.3) is 0 Å². The van der Waals surface area contributed by atoms with Crippen molar-refractivity contribution in [3.63, 3.8) is 0 Å². The molecule has 3 nitrogen and oxygen atoms in total. The fraction of sp³-hybridized carbons (Fsp3) is 0.357. The molecule has 1 N–H and O–H groups in total. The molecule has 96 valence electrons. The Hall–Kier alpha value is -1.68. The van der Waals surface area contributed by atoms with E-state index in [9.17, 15) is 9.50 Å². The molecule has 0 aliphatic rings. The normalized spacial score (nSPS) is 12.8. The third-order valence-corrected chi connectivity index (χ3v) is 3.22. The van der Waals surface area contributed by atoms with Crippen LogP contribution in [0.2, 0.25) is 0 Å². The van der Waals surface area contributed by atoms with Gasteiger partial charge in [0.15, 0.2) is 0 Å². The summed E-state index contributed by atoms with van der Waals surface area (Å²) in [5.41, 5.74) is 3.77. The SMILES string of the molecule is Cc1cc(F)cc(C(O)c2c(C)nn(C)c2C)c1. The van der Waals surface area contributed by atoms with Crippen LogP contribution >= 0.6 is 0 Å². The molecule has 0 aliphatic heterocycles. The molecule has 0 radical (unpaired) electrons. The zero-order valence-electron chi connectivity index (χ0n) is 11.0. The van der Waals surface area contributed by atoms with Crippen LogP contribution in [0.15, 0.2) is 18.2 Å². The molecule has 2 rings (SSSR count). The van der Waals surface area contributed by atoms with Crippen LogP contribution in [-0.4, -0.2) is 14.9 Å². The summed E-state index contributed by atoms with van der Waals surface area (Å²) in [6.45, 7) is 5.55. The monoisotopic (exact) mass is 248 g/mol. The van der Waals surface area contributed by atoms with Gasteiger partial charge in [-0.25, -0.2) is 4.39 Å². The Morgan fingerprint density at radius 1 is 1.22 bits per heavy atom. The van der Waals surface area contributed by atoms with Gasteiger partial charge in [-0.1, -0.05) is 6.07 Å². The number of aromatic nitrogens is 2. The molecule has 0 fully saturated rings. The molecule has 0 aliphatic carbocycles. The van der Waals surface area contributed by atoms with Crippen molar-refractivity contribution in [2.75, 3.05) is 0 Å². The maximum Gasteiger partial charge on any atom is 0.123 e. The van der Waals surface area contributed by atoms with Crippen LogP contribution < -0.4 is 0 Å². The number of aliphatic hydroxyl groups excluding tert-OH is 1. The summed E-state index contributed by atoms with van der Waals surface area (Å²) in [6.07, 6.45) is -0.840. The maximum absolute atomic E-state index is 13.4. The highest BCUT2D eigenvalue weighted by atomic mass is 19.1. The summed E-state index contributed by atoms with van der Waals surface area (Å²) in [5.74, 6) is -0.330. The van der Waals surface area contributed by atoms with Crippen molar-refractivity contribution in [2.24, 2.45) is 7.05 Å². The van der Waals surface area contributed by atoms with E-state index in [4.69, 9.17) is 0 Å². The zero-order valence-corrected chi connectivity index (χ0v) is 11.0. The number of aliphatic hydroxyl groups is 1. The van der Waals surface area contributed by atoms with Gasteiger partial charge in [-0.15, -0.1) is 0 Å². The molecule has 0 saturated heterocycles. The summed E-state index contributed by atoms with van der Waals surface area (Å²) < 4.78 is 15.1. The van der Waals surface area contributed by atoms with Crippen molar-refractivity contribution in [1.82, 2.24) is 9.78 Å². The van der Waals surface area contributed by atoms with E-state index in [-0.39, 0.29) is 5.82 Å². The number of hydrogen-bond acceptors (Lipinski definition) is 2. The van der Waals surface area contributed by atoms with Gasteiger partial charge in [-0.2, -0.15) is 5.10 Å². The minimum Gasteiger partial charge on any atom is -0.384 e. The second kappa shape index (κ2) is 4.53. The van der Waals surface area contributed by atoms with E-state index in [2.05, 4.69) is 5.10 Å². The standard InChI is InChI=1S/C14H17FN2O/c1-8-5-11(7-12(15)6-8)14(18)13-9(2)16-17(4)10(13)3/h5-7,14,18H,1-4H3. The first-order valence-electron chi connectivity index (χ1n) is 5.85. The van der Waals surface area contributed by atoms with Gasteiger partial charge in [0, 0.05) is 18.3 Å². The molecule has 0 spiro atoms. The molecule has 1 heterocycles. The number of rotatable bonds is 2. The van der Waals surface area contributed by atoms with Crippen molar-refractivity contribution in [2.45, 2.75) is 26.9 Å². The quantitative estimate of drug-likeness (QED) is 0.887. The summed E-state index contributed by atoms with van der Waals surface area (Å²) in [5, 5.41) is 14.7. The van der Waals surface area contributed by atoms with Gasteiger partial charge in [-0.3, -0.25) is 4.68 Å². The van der Waals surface area contributed by atoms with Gasteiger partial charge in [0.2, 0.25) is 0 Å². The first kappa shape index (κ1) is 12.8. The highest BCUT2D eigenvalue weighted by molar-refractivity contribution is 5.37. The molecule has 1 aromatic heterocycles. The molecule has 0 bridgehead atoms. The second-order valence-corrected chi connectivity index (χ2v) is 4.67. The number of hydrogen-bond donors (Lipinski definition) is 1. The Morgan fingerprint density at radius 2 is 1.89 bits per heavy atom. The van der Waals surface area contributed by atoms with Gasteiger partial charge in [-0.05, 0) is 44.0 Å². The maximum atomic E-state index is 13.4. The van der Waals surface area contributed by atoms with Crippen molar-refractivity contribution in [3.05, 3.63) is 52.1 Å². The fourth-order valence-electron chi connectivity index (χ4n) is 2.27. The van der Waals surface area contributed by atoms with E-state index in [1.165, 1.54) is 12.1 Å². The topological polar surface area (TPSA) is 38.1 Å². The summed E-state index contributed by atoms with van der Waals surface area (Å²) in [6, 6.07) is 4.60. The number of benzene rings is 1. The molecule has 2 aromatic rings. The molecular formula is C14H17FN2O. The Bertz CT molecular complexity index is 569. The lowest BCUT2D eigenvalue weighted by Crippen LogP contribution is -2.04. The second-order valence-electron chi connectivity index (χ2n) is 4.67. The average Bonchev–Trinajstić information content (AvgIpc) is 2.51. The van der Waals surface area contributed by atoms with E-state index in [1.54, 1.807) is 10.7 Å². The van der Waals surface area contributed by atoms with Crippen molar-refractivity contribution in [1.29, 1.82) is 0 Å². The summed E-state index contributed by atoms with van der Waals surface area (Å²) >= 11 is 0. The number of nitrogens with zero attached hydrogens (tertiary/aromatic N) is 2. The Morgan fingerprint density at radius 3 is 2.39 bits per heavy atom. The van der Waals surface area contributed by atoms with Crippen molar-refractivity contribution in [3.8, 4) is 0 Å². The van der Waals surface area contributed by atoms with E-state index in [0.29, 0.717) is 5.56 Å². The van der Waals surface area contributed by atoms with Crippen molar-refractivity contribution >= 4 is 0 Å². The van der Waals surface area contributed by atoms with Crippen LogP contribution in [-0.2, 0) is 7.05 Å².